The number of nitrogens with zero attached hydrogens (tertiary/aromatic N) is 1. The van der Waals surface area contributed by atoms with Crippen LogP contribution in [0.4, 0.5) is 0 Å². The lowest BCUT2D eigenvalue weighted by molar-refractivity contribution is 0.453. The predicted octanol–water partition coefficient (Wildman–Crippen LogP) is 4.59. The molecule has 0 bridgehead atoms. The van der Waals surface area contributed by atoms with E-state index in [1.165, 1.54) is 5.56 Å². The van der Waals surface area contributed by atoms with Gasteiger partial charge in [-0.25, -0.2) is 0 Å². The highest BCUT2D eigenvalue weighted by Gasteiger charge is 2.18. The molecular formula is C17H15NOS. The number of rotatable bonds is 3. The quantitative estimate of drug-likeness (QED) is 0.832. The van der Waals surface area contributed by atoms with E-state index in [9.17, 15) is 5.11 Å². The molecule has 3 heteroatoms. The zero-order chi connectivity index (χ0) is 13.8. The van der Waals surface area contributed by atoms with Gasteiger partial charge in [-0.1, -0.05) is 72.4 Å². The summed E-state index contributed by atoms with van der Waals surface area (Å²) in [6.45, 7) is 0.760. The Balaban J connectivity index is 1.87. The van der Waals surface area contributed by atoms with Crippen molar-refractivity contribution >= 4 is 17.5 Å². The molecule has 1 N–H and O–H groups in total. The third kappa shape index (κ3) is 2.73. The lowest BCUT2D eigenvalue weighted by Crippen LogP contribution is -2.12. The maximum absolute atomic E-state index is 10.4. The van der Waals surface area contributed by atoms with Crippen LogP contribution in [0.5, 0.6) is 0 Å². The van der Waals surface area contributed by atoms with E-state index >= 15 is 0 Å². The van der Waals surface area contributed by atoms with Crippen molar-refractivity contribution in [2.24, 2.45) is 0 Å². The number of hydrogen-bond donors (Lipinski definition) is 1. The summed E-state index contributed by atoms with van der Waals surface area (Å²) in [5.74, 6) is 0.330. The molecule has 2 nitrogen and oxygen atoms in total. The normalized spacial score (nSPS) is 16.5. The Morgan fingerprint density at radius 1 is 0.950 bits per heavy atom. The van der Waals surface area contributed by atoms with Gasteiger partial charge in [-0.15, -0.1) is 0 Å². The summed E-state index contributed by atoms with van der Waals surface area (Å²) < 4.78 is 0. The minimum atomic E-state index is 0.330. The van der Waals surface area contributed by atoms with E-state index in [1.54, 1.807) is 11.8 Å². The number of hydrogen-bond acceptors (Lipinski definition) is 3. The van der Waals surface area contributed by atoms with Gasteiger partial charge in [-0.3, -0.25) is 0 Å². The summed E-state index contributed by atoms with van der Waals surface area (Å²) in [6, 6.07) is 19.9. The van der Waals surface area contributed by atoms with Gasteiger partial charge in [0, 0.05) is 18.3 Å². The molecule has 2 aromatic carbocycles. The largest absolute Gasteiger partial charge is 0.505 e. The van der Waals surface area contributed by atoms with Crippen LogP contribution in [0.25, 0.3) is 5.76 Å². The Morgan fingerprint density at radius 3 is 2.30 bits per heavy atom. The number of benzene rings is 2. The van der Waals surface area contributed by atoms with Crippen LogP contribution >= 0.6 is 11.8 Å². The van der Waals surface area contributed by atoms with Crippen LogP contribution in [0.1, 0.15) is 11.1 Å². The molecule has 0 spiro atoms. The Morgan fingerprint density at radius 2 is 1.60 bits per heavy atom. The molecule has 0 amide bonds. The average Bonchev–Trinajstić information content (AvgIpc) is 2.96. The van der Waals surface area contributed by atoms with Gasteiger partial charge in [-0.2, -0.15) is 0 Å². The first-order chi connectivity index (χ1) is 9.84. The molecule has 3 rings (SSSR count). The van der Waals surface area contributed by atoms with Gasteiger partial charge in [-0.05, 0) is 11.0 Å². The fraction of sp³-hybridized carbons (Fsp3) is 0.0588. The molecule has 0 unspecified atom stereocenters. The highest BCUT2D eigenvalue weighted by atomic mass is 32.2. The van der Waals surface area contributed by atoms with Gasteiger partial charge in [0.1, 0.15) is 5.03 Å². The molecule has 2 aromatic rings. The molecule has 0 saturated heterocycles. The molecule has 1 aliphatic rings. The van der Waals surface area contributed by atoms with Crippen LogP contribution in [0, 0.1) is 0 Å². The summed E-state index contributed by atoms with van der Waals surface area (Å²) >= 11 is 1.55. The summed E-state index contributed by atoms with van der Waals surface area (Å²) in [7, 11) is 0. The standard InChI is InChI=1S/C17H15NOS/c19-16(15-9-5-2-6-10-15)17-18(11-12-20-17)13-14-7-3-1-4-8-14/h1-12,19H,13H2/b17-16+. The highest BCUT2D eigenvalue weighted by Crippen LogP contribution is 2.35. The van der Waals surface area contributed by atoms with Gasteiger partial charge in [0.05, 0.1) is 0 Å². The summed E-state index contributed by atoms with van der Waals surface area (Å²) in [6.07, 6.45) is 2.01. The SMILES string of the molecule is O/C(=C1/SC=CN1Cc1ccccc1)c1ccccc1. The monoisotopic (exact) mass is 281 g/mol. The van der Waals surface area contributed by atoms with E-state index in [2.05, 4.69) is 17.0 Å². The lowest BCUT2D eigenvalue weighted by Gasteiger charge is -2.19. The molecule has 0 radical (unpaired) electrons. The molecule has 0 saturated carbocycles. The number of aliphatic hydroxyl groups excluding tert-OH is 1. The van der Waals surface area contributed by atoms with Gasteiger partial charge in [0.15, 0.2) is 5.76 Å². The van der Waals surface area contributed by atoms with Gasteiger partial charge in [0.2, 0.25) is 0 Å². The van der Waals surface area contributed by atoms with Crippen LogP contribution in [-0.4, -0.2) is 10.0 Å². The third-order valence-electron chi connectivity index (χ3n) is 3.13. The van der Waals surface area contributed by atoms with Crippen LogP contribution in [0.15, 0.2) is 77.3 Å². The van der Waals surface area contributed by atoms with E-state index < -0.39 is 0 Å². The average molecular weight is 281 g/mol. The molecule has 100 valence electrons. The second-order valence-corrected chi connectivity index (χ2v) is 5.43. The molecular weight excluding hydrogens is 266 g/mol. The Kier molecular flexibility index (Phi) is 3.79. The Labute approximate surface area is 123 Å². The molecule has 20 heavy (non-hydrogen) atoms. The Bertz CT molecular complexity index is 635. The molecule has 0 atom stereocenters. The van der Waals surface area contributed by atoms with E-state index in [4.69, 9.17) is 0 Å². The van der Waals surface area contributed by atoms with E-state index in [-0.39, 0.29) is 0 Å². The van der Waals surface area contributed by atoms with Crippen molar-refractivity contribution in [3.05, 3.63) is 88.4 Å². The van der Waals surface area contributed by atoms with Crippen molar-refractivity contribution in [3.8, 4) is 0 Å². The molecule has 1 heterocycles. The molecule has 0 fully saturated rings. The van der Waals surface area contributed by atoms with Crippen molar-refractivity contribution in [2.45, 2.75) is 6.54 Å². The molecule has 1 aliphatic heterocycles. The van der Waals surface area contributed by atoms with Crippen molar-refractivity contribution in [3.63, 3.8) is 0 Å². The fourth-order valence-electron chi connectivity index (χ4n) is 2.12. The zero-order valence-corrected chi connectivity index (χ0v) is 11.8. The van der Waals surface area contributed by atoms with Crippen molar-refractivity contribution < 1.29 is 5.11 Å². The lowest BCUT2D eigenvalue weighted by atomic mass is 10.2. The minimum Gasteiger partial charge on any atom is -0.505 e. The van der Waals surface area contributed by atoms with Crippen LogP contribution in [-0.2, 0) is 6.54 Å². The topological polar surface area (TPSA) is 23.5 Å². The van der Waals surface area contributed by atoms with E-state index in [0.717, 1.165) is 17.1 Å². The fourth-order valence-corrected chi connectivity index (χ4v) is 2.95. The minimum absolute atomic E-state index is 0.330. The third-order valence-corrected chi connectivity index (χ3v) is 4.04. The first-order valence-corrected chi connectivity index (χ1v) is 7.35. The highest BCUT2D eigenvalue weighted by molar-refractivity contribution is 8.06. The van der Waals surface area contributed by atoms with Gasteiger partial charge >= 0.3 is 0 Å². The maximum Gasteiger partial charge on any atom is 0.153 e. The zero-order valence-electron chi connectivity index (χ0n) is 10.9. The maximum atomic E-state index is 10.4. The summed E-state index contributed by atoms with van der Waals surface area (Å²) in [5, 5.41) is 13.3. The second kappa shape index (κ2) is 5.88. The first kappa shape index (κ1) is 12.9. The second-order valence-electron chi connectivity index (χ2n) is 4.54. The summed E-state index contributed by atoms with van der Waals surface area (Å²) in [5.41, 5.74) is 2.06. The van der Waals surface area contributed by atoms with E-state index in [0.29, 0.717) is 5.76 Å². The van der Waals surface area contributed by atoms with Crippen LogP contribution < -0.4 is 0 Å². The van der Waals surface area contributed by atoms with Gasteiger partial charge < -0.3 is 10.0 Å². The summed E-state index contributed by atoms with van der Waals surface area (Å²) in [4.78, 5) is 2.07. The first-order valence-electron chi connectivity index (χ1n) is 6.47. The molecule has 0 aromatic heterocycles. The molecule has 0 aliphatic carbocycles. The number of aliphatic hydroxyl groups is 1. The number of thioether (sulfide) groups is 1. The van der Waals surface area contributed by atoms with Crippen molar-refractivity contribution in [1.29, 1.82) is 0 Å². The van der Waals surface area contributed by atoms with Crippen LogP contribution in [0.3, 0.4) is 0 Å². The van der Waals surface area contributed by atoms with E-state index in [1.807, 2.05) is 60.1 Å². The Hall–Kier alpha value is -2.13. The van der Waals surface area contributed by atoms with Crippen LogP contribution in [0.2, 0.25) is 0 Å². The van der Waals surface area contributed by atoms with Crippen molar-refractivity contribution in [2.75, 3.05) is 0 Å². The van der Waals surface area contributed by atoms with Crippen molar-refractivity contribution in [1.82, 2.24) is 4.90 Å². The predicted molar refractivity (Wildman–Crippen MR) is 84.7 cm³/mol. The smallest absolute Gasteiger partial charge is 0.153 e. The van der Waals surface area contributed by atoms with Gasteiger partial charge in [0.25, 0.3) is 0 Å².